The molecule has 4 rings (SSSR count). The van der Waals surface area contributed by atoms with Crippen molar-refractivity contribution in [2.75, 3.05) is 21.0 Å². The summed E-state index contributed by atoms with van der Waals surface area (Å²) in [5.74, 6) is 0.156. The SMILES string of the molecule is COCOc1cc(OC)cc2c1C(=O)O[C@@H](C)C/C=C\C(O)[C@H]1OC(C)(C)O[C@H]1CC1C[C@@H]21. The summed E-state index contributed by atoms with van der Waals surface area (Å²) >= 11 is 0. The second-order valence-corrected chi connectivity index (χ2v) is 9.49. The number of carbonyl (C=O) groups is 1. The molecule has 2 fully saturated rings. The summed E-state index contributed by atoms with van der Waals surface area (Å²) < 4.78 is 34.3. The summed E-state index contributed by atoms with van der Waals surface area (Å²) in [5.41, 5.74) is 1.25. The van der Waals surface area contributed by atoms with Gasteiger partial charge in [0.2, 0.25) is 0 Å². The highest BCUT2D eigenvalue weighted by molar-refractivity contribution is 5.95. The number of carbonyl (C=O) groups excluding carboxylic acids is 1. The number of ether oxygens (including phenoxy) is 6. The van der Waals surface area contributed by atoms with Gasteiger partial charge in [0.1, 0.15) is 35.4 Å². The normalized spacial score (nSPS) is 34.2. The zero-order valence-corrected chi connectivity index (χ0v) is 19.9. The monoisotopic (exact) mass is 462 g/mol. The van der Waals surface area contributed by atoms with E-state index in [-0.39, 0.29) is 24.7 Å². The van der Waals surface area contributed by atoms with Crippen LogP contribution >= 0.6 is 0 Å². The minimum absolute atomic E-state index is 0.00117. The Morgan fingerprint density at radius 1 is 1.18 bits per heavy atom. The van der Waals surface area contributed by atoms with Crippen molar-refractivity contribution in [3.05, 3.63) is 35.4 Å². The van der Waals surface area contributed by atoms with Gasteiger partial charge in [-0.1, -0.05) is 12.2 Å². The number of cyclic esters (lactones) is 1. The molecule has 2 aliphatic heterocycles. The van der Waals surface area contributed by atoms with Gasteiger partial charge in [-0.05, 0) is 57.1 Å². The average Bonchev–Trinajstić information content (AvgIpc) is 3.45. The van der Waals surface area contributed by atoms with E-state index in [4.69, 9.17) is 28.4 Å². The maximum Gasteiger partial charge on any atom is 0.342 e. The lowest BCUT2D eigenvalue weighted by molar-refractivity contribution is -0.153. The molecule has 182 valence electrons. The maximum absolute atomic E-state index is 13.3. The lowest BCUT2D eigenvalue weighted by atomic mass is 9.96. The predicted octanol–water partition coefficient (Wildman–Crippen LogP) is 3.56. The number of esters is 1. The Hall–Kier alpha value is -2.13. The van der Waals surface area contributed by atoms with Gasteiger partial charge in [0.05, 0.1) is 13.2 Å². The summed E-state index contributed by atoms with van der Waals surface area (Å²) in [6.07, 6.45) is 3.66. The fourth-order valence-corrected chi connectivity index (χ4v) is 4.81. The van der Waals surface area contributed by atoms with Crippen molar-refractivity contribution in [1.82, 2.24) is 0 Å². The zero-order valence-electron chi connectivity index (χ0n) is 19.9. The Bertz CT molecular complexity index is 895. The molecule has 1 saturated heterocycles. The van der Waals surface area contributed by atoms with Crippen molar-refractivity contribution in [2.45, 2.75) is 76.2 Å². The fraction of sp³-hybridized carbons (Fsp3) is 0.640. The summed E-state index contributed by atoms with van der Waals surface area (Å²) in [4.78, 5) is 13.3. The minimum Gasteiger partial charge on any atom is -0.497 e. The van der Waals surface area contributed by atoms with Gasteiger partial charge < -0.3 is 33.5 Å². The molecule has 1 aromatic rings. The van der Waals surface area contributed by atoms with Crippen LogP contribution < -0.4 is 9.47 Å². The molecule has 6 atom stereocenters. The summed E-state index contributed by atoms with van der Waals surface area (Å²) in [6.45, 7) is 5.55. The predicted molar refractivity (Wildman–Crippen MR) is 119 cm³/mol. The van der Waals surface area contributed by atoms with E-state index >= 15 is 0 Å². The molecular weight excluding hydrogens is 428 g/mol. The summed E-state index contributed by atoms with van der Waals surface area (Å²) in [7, 11) is 3.11. The molecule has 1 aliphatic carbocycles. The van der Waals surface area contributed by atoms with Crippen LogP contribution in [0, 0.1) is 5.92 Å². The van der Waals surface area contributed by atoms with Crippen molar-refractivity contribution in [1.29, 1.82) is 0 Å². The molecule has 0 spiro atoms. The second kappa shape index (κ2) is 9.62. The van der Waals surface area contributed by atoms with Crippen molar-refractivity contribution in [3.63, 3.8) is 0 Å². The van der Waals surface area contributed by atoms with E-state index in [1.165, 1.54) is 7.11 Å². The quantitative estimate of drug-likeness (QED) is 0.413. The Morgan fingerprint density at radius 3 is 2.70 bits per heavy atom. The van der Waals surface area contributed by atoms with E-state index in [2.05, 4.69) is 0 Å². The third-order valence-electron chi connectivity index (χ3n) is 6.40. The third-order valence-corrected chi connectivity index (χ3v) is 6.40. The number of rotatable bonds is 4. The first-order chi connectivity index (χ1) is 15.7. The zero-order chi connectivity index (χ0) is 23.8. The van der Waals surface area contributed by atoms with Crippen LogP contribution in [0.15, 0.2) is 24.3 Å². The van der Waals surface area contributed by atoms with Gasteiger partial charge >= 0.3 is 5.97 Å². The van der Waals surface area contributed by atoms with Gasteiger partial charge in [-0.15, -0.1) is 0 Å². The molecule has 2 unspecified atom stereocenters. The average molecular weight is 463 g/mol. The molecule has 2 heterocycles. The van der Waals surface area contributed by atoms with Crippen LogP contribution in [0.3, 0.4) is 0 Å². The van der Waals surface area contributed by atoms with Crippen molar-refractivity contribution in [3.8, 4) is 11.5 Å². The first-order valence-electron chi connectivity index (χ1n) is 11.5. The van der Waals surface area contributed by atoms with Crippen LogP contribution in [-0.4, -0.2) is 62.3 Å². The Balaban J connectivity index is 1.71. The Morgan fingerprint density at radius 2 is 1.97 bits per heavy atom. The second-order valence-electron chi connectivity index (χ2n) is 9.49. The lowest BCUT2D eigenvalue weighted by Crippen LogP contribution is -2.34. The van der Waals surface area contributed by atoms with E-state index in [9.17, 15) is 9.90 Å². The van der Waals surface area contributed by atoms with Crippen molar-refractivity contribution < 1.29 is 38.3 Å². The number of benzene rings is 1. The molecule has 33 heavy (non-hydrogen) atoms. The first kappa shape index (κ1) is 24.0. The smallest absolute Gasteiger partial charge is 0.342 e. The highest BCUT2D eigenvalue weighted by atomic mass is 16.8. The van der Waals surface area contributed by atoms with Crippen LogP contribution in [0.2, 0.25) is 0 Å². The molecule has 1 saturated carbocycles. The highest BCUT2D eigenvalue weighted by Crippen LogP contribution is 2.54. The van der Waals surface area contributed by atoms with Crippen LogP contribution in [0.5, 0.6) is 11.5 Å². The molecule has 8 heteroatoms. The van der Waals surface area contributed by atoms with Crippen molar-refractivity contribution >= 4 is 5.97 Å². The largest absolute Gasteiger partial charge is 0.497 e. The van der Waals surface area contributed by atoms with Crippen LogP contribution in [0.1, 0.15) is 61.9 Å². The Labute approximate surface area is 194 Å². The molecule has 0 bridgehead atoms. The summed E-state index contributed by atoms with van der Waals surface area (Å²) in [6, 6.07) is 3.58. The van der Waals surface area contributed by atoms with Gasteiger partial charge in [0, 0.05) is 19.6 Å². The van der Waals surface area contributed by atoms with Gasteiger partial charge in [0.15, 0.2) is 12.6 Å². The number of fused-ring (bicyclic) bond motifs is 4. The van der Waals surface area contributed by atoms with Crippen LogP contribution in [0.4, 0.5) is 0 Å². The van der Waals surface area contributed by atoms with Gasteiger partial charge in [-0.25, -0.2) is 4.79 Å². The third kappa shape index (κ3) is 5.35. The topological polar surface area (TPSA) is 92.7 Å². The maximum atomic E-state index is 13.3. The number of methoxy groups -OCH3 is 2. The fourth-order valence-electron chi connectivity index (χ4n) is 4.81. The molecule has 8 nitrogen and oxygen atoms in total. The van der Waals surface area contributed by atoms with E-state index in [0.29, 0.717) is 29.9 Å². The lowest BCUT2D eigenvalue weighted by Gasteiger charge is -2.22. The molecule has 0 aromatic heterocycles. The minimum atomic E-state index is -0.804. The van der Waals surface area contributed by atoms with E-state index in [0.717, 1.165) is 12.0 Å². The number of aliphatic hydroxyl groups is 1. The van der Waals surface area contributed by atoms with Crippen LogP contribution in [0.25, 0.3) is 0 Å². The number of hydrogen-bond acceptors (Lipinski definition) is 8. The van der Waals surface area contributed by atoms with E-state index in [1.54, 1.807) is 19.3 Å². The first-order valence-corrected chi connectivity index (χ1v) is 11.5. The van der Waals surface area contributed by atoms with E-state index < -0.39 is 30.1 Å². The number of aliphatic hydroxyl groups excluding tert-OH is 1. The van der Waals surface area contributed by atoms with Gasteiger partial charge in [-0.2, -0.15) is 0 Å². The molecule has 1 N–H and O–H groups in total. The van der Waals surface area contributed by atoms with Crippen molar-refractivity contribution in [2.24, 2.45) is 5.92 Å². The van der Waals surface area contributed by atoms with Gasteiger partial charge in [0.25, 0.3) is 0 Å². The molecule has 0 radical (unpaired) electrons. The summed E-state index contributed by atoms with van der Waals surface area (Å²) in [5, 5.41) is 10.8. The molecule has 1 aromatic carbocycles. The Kier molecular flexibility index (Phi) is 7.00. The van der Waals surface area contributed by atoms with Gasteiger partial charge in [-0.3, -0.25) is 0 Å². The molecule has 0 amide bonds. The molecule has 3 aliphatic rings. The highest BCUT2D eigenvalue weighted by Gasteiger charge is 2.50. The van der Waals surface area contributed by atoms with Crippen LogP contribution in [-0.2, 0) is 18.9 Å². The standard InChI is InChI=1S/C25H34O8/c1-14-7-6-8-19(26)23-21(32-25(2,3)33-23)10-15-9-17(15)18-11-16(29-5)12-20(30-13-28-4)22(18)24(27)31-14/h6,8,11-12,14-15,17,19,21,23,26H,7,9-10,13H2,1-5H3/b8-6-/t14-,15?,17+,19?,21-,23+/m0/s1. The van der Waals surface area contributed by atoms with E-state index in [1.807, 2.05) is 32.9 Å². The number of hydrogen-bond donors (Lipinski definition) is 1. The molecular formula is C25H34O8.